The van der Waals surface area contributed by atoms with Crippen molar-refractivity contribution >= 4 is 23.2 Å². The fourth-order valence-electron chi connectivity index (χ4n) is 2.25. The average molecular weight is 340 g/mol. The van der Waals surface area contributed by atoms with E-state index in [1.807, 2.05) is 24.3 Å². The lowest BCUT2D eigenvalue weighted by molar-refractivity contribution is 0.415. The van der Waals surface area contributed by atoms with Gasteiger partial charge in [0.2, 0.25) is 0 Å². The van der Waals surface area contributed by atoms with Crippen molar-refractivity contribution in [3.8, 4) is 5.75 Å². The molecule has 3 aromatic rings. The standard InChI is InChI=1S/C16H16N6O3/c1-21-14-13(15(23)22(2)16(21)24)19-12(9-17-14)20-18-8-10-4-6-11(25-3)7-5-10/h4-9H,1-3H3,(H,19,20)/b18-8-. The van der Waals surface area contributed by atoms with Crippen molar-refractivity contribution in [2.75, 3.05) is 12.5 Å². The second kappa shape index (κ2) is 6.56. The topological polar surface area (TPSA) is 103 Å². The van der Waals surface area contributed by atoms with Gasteiger partial charge in [0, 0.05) is 14.1 Å². The van der Waals surface area contributed by atoms with Gasteiger partial charge in [-0.1, -0.05) is 0 Å². The molecule has 0 bridgehead atoms. The Hall–Kier alpha value is -3.49. The van der Waals surface area contributed by atoms with Crippen LogP contribution in [0.5, 0.6) is 5.75 Å². The lowest BCUT2D eigenvalue weighted by atomic mass is 10.2. The fourth-order valence-corrected chi connectivity index (χ4v) is 2.25. The summed E-state index contributed by atoms with van der Waals surface area (Å²) in [5.74, 6) is 1.06. The van der Waals surface area contributed by atoms with E-state index in [0.29, 0.717) is 5.82 Å². The van der Waals surface area contributed by atoms with Gasteiger partial charge in [-0.15, -0.1) is 0 Å². The number of aromatic nitrogens is 4. The van der Waals surface area contributed by atoms with Crippen LogP contribution in [0.15, 0.2) is 45.2 Å². The first-order valence-corrected chi connectivity index (χ1v) is 7.37. The monoisotopic (exact) mass is 340 g/mol. The van der Waals surface area contributed by atoms with E-state index in [1.54, 1.807) is 13.3 Å². The Morgan fingerprint density at radius 1 is 1.16 bits per heavy atom. The van der Waals surface area contributed by atoms with Crippen molar-refractivity contribution < 1.29 is 4.74 Å². The van der Waals surface area contributed by atoms with Crippen molar-refractivity contribution in [3.63, 3.8) is 0 Å². The summed E-state index contributed by atoms with van der Waals surface area (Å²) < 4.78 is 7.35. The highest BCUT2D eigenvalue weighted by atomic mass is 16.5. The SMILES string of the molecule is COc1ccc(/C=N\Nc2cnc3c(n2)c(=O)n(C)c(=O)n3C)cc1. The van der Waals surface area contributed by atoms with E-state index in [-0.39, 0.29) is 11.2 Å². The molecule has 0 aliphatic carbocycles. The molecule has 2 aromatic heterocycles. The number of methoxy groups -OCH3 is 1. The molecule has 0 fully saturated rings. The Balaban J connectivity index is 1.88. The normalized spacial score (nSPS) is 11.2. The van der Waals surface area contributed by atoms with Gasteiger partial charge in [0.05, 0.1) is 19.5 Å². The number of hydrogen-bond acceptors (Lipinski definition) is 7. The number of benzene rings is 1. The Bertz CT molecular complexity index is 1070. The van der Waals surface area contributed by atoms with Crippen LogP contribution in [-0.2, 0) is 14.1 Å². The number of anilines is 1. The maximum atomic E-state index is 12.2. The summed E-state index contributed by atoms with van der Waals surface area (Å²) in [5, 5.41) is 4.07. The second-order valence-electron chi connectivity index (χ2n) is 5.28. The Kier molecular flexibility index (Phi) is 4.29. The van der Waals surface area contributed by atoms with Crippen molar-refractivity contribution in [1.82, 2.24) is 19.1 Å². The molecule has 0 aliphatic rings. The maximum Gasteiger partial charge on any atom is 0.332 e. The van der Waals surface area contributed by atoms with Gasteiger partial charge in [-0.3, -0.25) is 19.4 Å². The molecule has 1 N–H and O–H groups in total. The van der Waals surface area contributed by atoms with E-state index in [4.69, 9.17) is 4.74 Å². The molecule has 0 atom stereocenters. The van der Waals surface area contributed by atoms with Crippen LogP contribution in [0.2, 0.25) is 0 Å². The minimum absolute atomic E-state index is 0.0919. The van der Waals surface area contributed by atoms with Crippen molar-refractivity contribution in [2.24, 2.45) is 19.2 Å². The van der Waals surface area contributed by atoms with Gasteiger partial charge in [-0.05, 0) is 29.8 Å². The Morgan fingerprint density at radius 2 is 1.88 bits per heavy atom. The first kappa shape index (κ1) is 16.4. The molecule has 128 valence electrons. The number of aryl methyl sites for hydroxylation is 1. The third kappa shape index (κ3) is 3.11. The molecule has 0 amide bonds. The number of rotatable bonds is 4. The zero-order valence-electron chi connectivity index (χ0n) is 13.9. The van der Waals surface area contributed by atoms with E-state index >= 15 is 0 Å². The van der Waals surface area contributed by atoms with E-state index in [0.717, 1.165) is 15.9 Å². The van der Waals surface area contributed by atoms with Gasteiger partial charge in [-0.2, -0.15) is 5.10 Å². The van der Waals surface area contributed by atoms with Crippen molar-refractivity contribution in [1.29, 1.82) is 0 Å². The fraction of sp³-hybridized carbons (Fsp3) is 0.188. The highest BCUT2D eigenvalue weighted by Crippen LogP contribution is 2.10. The molecular weight excluding hydrogens is 324 g/mol. The number of ether oxygens (including phenoxy) is 1. The first-order valence-electron chi connectivity index (χ1n) is 7.37. The molecule has 3 rings (SSSR count). The summed E-state index contributed by atoms with van der Waals surface area (Å²) in [4.78, 5) is 32.4. The molecule has 0 saturated carbocycles. The van der Waals surface area contributed by atoms with Gasteiger partial charge in [0.25, 0.3) is 5.56 Å². The largest absolute Gasteiger partial charge is 0.497 e. The number of nitrogens with one attached hydrogen (secondary N) is 1. The zero-order chi connectivity index (χ0) is 18.0. The summed E-state index contributed by atoms with van der Waals surface area (Å²) in [6.07, 6.45) is 3.01. The Labute approximate surface area is 142 Å². The summed E-state index contributed by atoms with van der Waals surface area (Å²) in [6, 6.07) is 7.34. The molecule has 0 aliphatic heterocycles. The van der Waals surface area contributed by atoms with Crippen LogP contribution in [0.25, 0.3) is 11.2 Å². The minimum atomic E-state index is -0.506. The predicted octanol–water partition coefficient (Wildman–Crippen LogP) is 0.482. The van der Waals surface area contributed by atoms with Crippen LogP contribution >= 0.6 is 0 Å². The summed E-state index contributed by atoms with van der Waals surface area (Å²) in [6.45, 7) is 0. The van der Waals surface area contributed by atoms with Gasteiger partial charge in [0.15, 0.2) is 17.0 Å². The average Bonchev–Trinajstić information content (AvgIpc) is 2.65. The number of hydrogen-bond donors (Lipinski definition) is 1. The molecular formula is C16H16N6O3. The highest BCUT2D eigenvalue weighted by Gasteiger charge is 2.11. The number of hydrazone groups is 1. The van der Waals surface area contributed by atoms with Crippen LogP contribution < -0.4 is 21.4 Å². The van der Waals surface area contributed by atoms with Crippen LogP contribution in [0.1, 0.15) is 5.56 Å². The maximum absolute atomic E-state index is 12.2. The summed E-state index contributed by atoms with van der Waals surface area (Å²) in [7, 11) is 4.53. The molecule has 9 heteroatoms. The predicted molar refractivity (Wildman–Crippen MR) is 94.2 cm³/mol. The number of fused-ring (bicyclic) bond motifs is 1. The zero-order valence-corrected chi connectivity index (χ0v) is 13.9. The van der Waals surface area contributed by atoms with Crippen LogP contribution in [0.4, 0.5) is 5.82 Å². The van der Waals surface area contributed by atoms with Gasteiger partial charge >= 0.3 is 5.69 Å². The molecule has 0 unspecified atom stereocenters. The quantitative estimate of drug-likeness (QED) is 0.547. The molecule has 1 aromatic carbocycles. The van der Waals surface area contributed by atoms with Gasteiger partial charge < -0.3 is 4.74 Å². The summed E-state index contributed by atoms with van der Waals surface area (Å²) in [5.41, 5.74) is 2.94. The molecule has 25 heavy (non-hydrogen) atoms. The van der Waals surface area contributed by atoms with Crippen molar-refractivity contribution in [2.45, 2.75) is 0 Å². The smallest absolute Gasteiger partial charge is 0.332 e. The van der Waals surface area contributed by atoms with Gasteiger partial charge in [0.1, 0.15) is 5.75 Å². The van der Waals surface area contributed by atoms with E-state index < -0.39 is 11.2 Å². The third-order valence-corrected chi connectivity index (χ3v) is 3.66. The van der Waals surface area contributed by atoms with Crippen LogP contribution in [0, 0.1) is 0 Å². The van der Waals surface area contributed by atoms with E-state index in [9.17, 15) is 9.59 Å². The van der Waals surface area contributed by atoms with Crippen LogP contribution in [-0.4, -0.2) is 32.4 Å². The highest BCUT2D eigenvalue weighted by molar-refractivity contribution is 5.80. The lowest BCUT2D eigenvalue weighted by Gasteiger charge is -2.06. The summed E-state index contributed by atoms with van der Waals surface area (Å²) >= 11 is 0. The molecule has 0 spiro atoms. The molecule has 0 radical (unpaired) electrons. The third-order valence-electron chi connectivity index (χ3n) is 3.66. The lowest BCUT2D eigenvalue weighted by Crippen LogP contribution is -2.37. The van der Waals surface area contributed by atoms with E-state index in [1.165, 1.54) is 24.9 Å². The molecule has 9 nitrogen and oxygen atoms in total. The first-order chi connectivity index (χ1) is 12.0. The number of nitrogens with zero attached hydrogens (tertiary/aromatic N) is 5. The second-order valence-corrected chi connectivity index (χ2v) is 5.28. The molecule has 2 heterocycles. The van der Waals surface area contributed by atoms with E-state index in [2.05, 4.69) is 20.5 Å². The Morgan fingerprint density at radius 3 is 2.56 bits per heavy atom. The molecule has 0 saturated heterocycles. The van der Waals surface area contributed by atoms with Gasteiger partial charge in [-0.25, -0.2) is 14.8 Å². The minimum Gasteiger partial charge on any atom is -0.497 e. The van der Waals surface area contributed by atoms with Crippen LogP contribution in [0.3, 0.4) is 0 Å². The van der Waals surface area contributed by atoms with Crippen molar-refractivity contribution in [3.05, 3.63) is 56.9 Å².